The van der Waals surface area contributed by atoms with E-state index in [2.05, 4.69) is 4.90 Å². The first-order valence-corrected chi connectivity index (χ1v) is 8.51. The molecule has 2 aliphatic rings. The summed E-state index contributed by atoms with van der Waals surface area (Å²) >= 11 is 0. The van der Waals surface area contributed by atoms with E-state index >= 15 is 0 Å². The van der Waals surface area contributed by atoms with Gasteiger partial charge < -0.3 is 4.90 Å². The number of nitrogens with zero attached hydrogens (tertiary/aromatic N) is 2. The molecular weight excluding hydrogens is 279 g/mol. The summed E-state index contributed by atoms with van der Waals surface area (Å²) in [6.07, 6.45) is 6.40. The van der Waals surface area contributed by atoms with E-state index in [4.69, 9.17) is 0 Å². The van der Waals surface area contributed by atoms with Crippen molar-refractivity contribution < 1.29 is 9.18 Å². The fourth-order valence-electron chi connectivity index (χ4n) is 3.68. The summed E-state index contributed by atoms with van der Waals surface area (Å²) in [4.78, 5) is 16.6. The number of benzene rings is 1. The van der Waals surface area contributed by atoms with Crippen LogP contribution in [0.15, 0.2) is 24.3 Å². The van der Waals surface area contributed by atoms with Crippen LogP contribution in [-0.4, -0.2) is 41.9 Å². The molecule has 0 aromatic heterocycles. The quantitative estimate of drug-likeness (QED) is 0.851. The van der Waals surface area contributed by atoms with Crippen molar-refractivity contribution in [2.75, 3.05) is 26.2 Å². The van der Waals surface area contributed by atoms with Crippen molar-refractivity contribution in [2.24, 2.45) is 0 Å². The second kappa shape index (κ2) is 7.23. The topological polar surface area (TPSA) is 23.6 Å². The third-order valence-corrected chi connectivity index (χ3v) is 4.94. The summed E-state index contributed by atoms with van der Waals surface area (Å²) < 4.78 is 13.1. The van der Waals surface area contributed by atoms with Crippen LogP contribution in [0.4, 0.5) is 4.39 Å². The van der Waals surface area contributed by atoms with Gasteiger partial charge in [0.1, 0.15) is 5.82 Å². The standard InChI is InChI=1S/C18H25FN2O/c19-16-8-6-15(7-9-16)17-5-1-2-11-20(17)14-10-18(22)21-12-3-4-13-21/h6-9,17H,1-5,10-14H2/t17-/m1/s1. The maximum atomic E-state index is 13.1. The Labute approximate surface area is 132 Å². The van der Waals surface area contributed by atoms with Gasteiger partial charge in [0.05, 0.1) is 0 Å². The molecule has 4 heteroatoms. The van der Waals surface area contributed by atoms with Crippen LogP contribution in [0, 0.1) is 5.82 Å². The second-order valence-corrected chi connectivity index (χ2v) is 6.44. The van der Waals surface area contributed by atoms with Crippen LogP contribution in [0.2, 0.25) is 0 Å². The Balaban J connectivity index is 1.60. The lowest BCUT2D eigenvalue weighted by molar-refractivity contribution is -0.130. The normalized spacial score (nSPS) is 23.0. The predicted molar refractivity (Wildman–Crippen MR) is 85.0 cm³/mol. The number of hydrogen-bond acceptors (Lipinski definition) is 2. The van der Waals surface area contributed by atoms with E-state index in [1.54, 1.807) is 0 Å². The summed E-state index contributed by atoms with van der Waals surface area (Å²) in [6.45, 7) is 3.72. The number of carbonyl (C=O) groups is 1. The number of halogens is 1. The molecule has 3 rings (SSSR count). The molecule has 2 fully saturated rings. The Morgan fingerprint density at radius 2 is 1.73 bits per heavy atom. The number of carbonyl (C=O) groups excluding carboxylic acids is 1. The number of rotatable bonds is 4. The van der Waals surface area contributed by atoms with Crippen molar-refractivity contribution in [3.05, 3.63) is 35.6 Å². The molecule has 22 heavy (non-hydrogen) atoms. The van der Waals surface area contributed by atoms with E-state index < -0.39 is 0 Å². The summed E-state index contributed by atoms with van der Waals surface area (Å²) in [5, 5.41) is 0. The highest BCUT2D eigenvalue weighted by Crippen LogP contribution is 2.31. The van der Waals surface area contributed by atoms with Gasteiger partial charge in [-0.15, -0.1) is 0 Å². The molecule has 0 aliphatic carbocycles. The zero-order valence-corrected chi connectivity index (χ0v) is 13.1. The fourth-order valence-corrected chi connectivity index (χ4v) is 3.68. The van der Waals surface area contributed by atoms with E-state index in [-0.39, 0.29) is 5.82 Å². The van der Waals surface area contributed by atoms with Crippen LogP contribution in [0.1, 0.15) is 50.1 Å². The Kier molecular flexibility index (Phi) is 5.08. The van der Waals surface area contributed by atoms with Crippen LogP contribution in [0.3, 0.4) is 0 Å². The minimum absolute atomic E-state index is 0.185. The monoisotopic (exact) mass is 304 g/mol. The molecule has 120 valence electrons. The van der Waals surface area contributed by atoms with Crippen LogP contribution < -0.4 is 0 Å². The lowest BCUT2D eigenvalue weighted by Gasteiger charge is -2.36. The smallest absolute Gasteiger partial charge is 0.223 e. The number of likely N-dealkylation sites (tertiary alicyclic amines) is 2. The summed E-state index contributed by atoms with van der Waals surface area (Å²) in [7, 11) is 0. The van der Waals surface area contributed by atoms with Crippen LogP contribution in [0.5, 0.6) is 0 Å². The van der Waals surface area contributed by atoms with Gasteiger partial charge in [-0.1, -0.05) is 18.6 Å². The van der Waals surface area contributed by atoms with Crippen molar-refractivity contribution in [1.29, 1.82) is 0 Å². The van der Waals surface area contributed by atoms with Crippen LogP contribution in [0.25, 0.3) is 0 Å². The van der Waals surface area contributed by atoms with E-state index in [9.17, 15) is 9.18 Å². The number of hydrogen-bond donors (Lipinski definition) is 0. The van der Waals surface area contributed by atoms with Crippen molar-refractivity contribution in [2.45, 2.75) is 44.6 Å². The van der Waals surface area contributed by atoms with Gasteiger partial charge in [-0.2, -0.15) is 0 Å². The third-order valence-electron chi connectivity index (χ3n) is 4.94. The molecule has 0 radical (unpaired) electrons. The number of piperidine rings is 1. The van der Waals surface area contributed by atoms with E-state index in [1.165, 1.54) is 30.5 Å². The predicted octanol–water partition coefficient (Wildman–Crippen LogP) is 3.37. The molecule has 1 aromatic rings. The Bertz CT molecular complexity index is 496. The van der Waals surface area contributed by atoms with Crippen molar-refractivity contribution in [3.8, 4) is 0 Å². The Morgan fingerprint density at radius 1 is 1.05 bits per heavy atom. The van der Waals surface area contributed by atoms with Crippen molar-refractivity contribution >= 4 is 5.91 Å². The van der Waals surface area contributed by atoms with Crippen molar-refractivity contribution in [1.82, 2.24) is 9.80 Å². The molecule has 0 unspecified atom stereocenters. The summed E-state index contributed by atoms with van der Waals surface area (Å²) in [6, 6.07) is 7.19. The summed E-state index contributed by atoms with van der Waals surface area (Å²) in [5.41, 5.74) is 1.18. The molecule has 0 saturated carbocycles. The third kappa shape index (κ3) is 3.67. The van der Waals surface area contributed by atoms with Gasteiger partial charge in [0.25, 0.3) is 0 Å². The lowest BCUT2D eigenvalue weighted by atomic mass is 9.95. The average molecular weight is 304 g/mol. The minimum Gasteiger partial charge on any atom is -0.343 e. The second-order valence-electron chi connectivity index (χ2n) is 6.44. The molecule has 0 bridgehead atoms. The fraction of sp³-hybridized carbons (Fsp3) is 0.611. The van der Waals surface area contributed by atoms with E-state index in [0.717, 1.165) is 45.4 Å². The molecule has 2 heterocycles. The first kappa shape index (κ1) is 15.5. The van der Waals surface area contributed by atoms with Gasteiger partial charge in [-0.3, -0.25) is 9.69 Å². The SMILES string of the molecule is O=C(CCN1CCCC[C@@H]1c1ccc(F)cc1)N1CCCC1. The highest BCUT2D eigenvalue weighted by atomic mass is 19.1. The molecule has 1 atom stereocenters. The molecule has 3 nitrogen and oxygen atoms in total. The highest BCUT2D eigenvalue weighted by molar-refractivity contribution is 5.76. The summed E-state index contributed by atoms with van der Waals surface area (Å²) in [5.74, 6) is 0.108. The van der Waals surface area contributed by atoms with E-state index in [1.807, 2.05) is 17.0 Å². The van der Waals surface area contributed by atoms with Gasteiger partial charge in [0.15, 0.2) is 0 Å². The number of amides is 1. The molecule has 0 N–H and O–H groups in total. The first-order chi connectivity index (χ1) is 10.7. The van der Waals surface area contributed by atoms with Gasteiger partial charge >= 0.3 is 0 Å². The molecular formula is C18H25FN2O. The van der Waals surface area contributed by atoms with Gasteiger partial charge in [0, 0.05) is 32.1 Å². The average Bonchev–Trinajstić information content (AvgIpc) is 3.08. The molecule has 1 amide bonds. The van der Waals surface area contributed by atoms with Gasteiger partial charge in [-0.25, -0.2) is 4.39 Å². The van der Waals surface area contributed by atoms with E-state index in [0.29, 0.717) is 18.4 Å². The molecule has 1 aromatic carbocycles. The molecule has 2 saturated heterocycles. The molecule has 2 aliphatic heterocycles. The maximum absolute atomic E-state index is 13.1. The Hall–Kier alpha value is -1.42. The zero-order chi connectivity index (χ0) is 15.4. The minimum atomic E-state index is -0.185. The highest BCUT2D eigenvalue weighted by Gasteiger charge is 2.25. The zero-order valence-electron chi connectivity index (χ0n) is 13.1. The Morgan fingerprint density at radius 3 is 2.45 bits per heavy atom. The van der Waals surface area contributed by atoms with Crippen LogP contribution in [-0.2, 0) is 4.79 Å². The first-order valence-electron chi connectivity index (χ1n) is 8.51. The largest absolute Gasteiger partial charge is 0.343 e. The lowest BCUT2D eigenvalue weighted by Crippen LogP contribution is -2.37. The van der Waals surface area contributed by atoms with Gasteiger partial charge in [-0.05, 0) is 49.9 Å². The maximum Gasteiger partial charge on any atom is 0.223 e. The molecule has 0 spiro atoms. The van der Waals surface area contributed by atoms with Crippen LogP contribution >= 0.6 is 0 Å². The van der Waals surface area contributed by atoms with Crippen molar-refractivity contribution in [3.63, 3.8) is 0 Å². The van der Waals surface area contributed by atoms with Gasteiger partial charge in [0.2, 0.25) is 5.91 Å².